The van der Waals surface area contributed by atoms with E-state index in [1.54, 1.807) is 0 Å². The summed E-state index contributed by atoms with van der Waals surface area (Å²) < 4.78 is 5.39. The maximum absolute atomic E-state index is 12.7. The third kappa shape index (κ3) is 2.57. The topological polar surface area (TPSA) is 65.4 Å². The minimum atomic E-state index is -0.461. The molecule has 21 heavy (non-hydrogen) atoms. The number of nitrogens with zero attached hydrogens (tertiary/aromatic N) is 3. The summed E-state index contributed by atoms with van der Waals surface area (Å²) in [5, 5.41) is 17.0. The van der Waals surface area contributed by atoms with Crippen LogP contribution in [-0.4, -0.2) is 47.7 Å². The molecule has 0 spiro atoms. The molecule has 2 unspecified atom stereocenters. The molecule has 112 valence electrons. The van der Waals surface area contributed by atoms with E-state index in [9.17, 15) is 10.0 Å². The summed E-state index contributed by atoms with van der Waals surface area (Å²) >= 11 is 0. The Kier molecular flexibility index (Phi) is 3.75. The quantitative estimate of drug-likeness (QED) is 0.894. The van der Waals surface area contributed by atoms with Crippen molar-refractivity contribution in [1.82, 2.24) is 5.06 Å². The molecule has 1 aromatic rings. The van der Waals surface area contributed by atoms with Gasteiger partial charge in [0.15, 0.2) is 0 Å². The molecule has 6 nitrogen and oxygen atoms in total. The Morgan fingerprint density at radius 2 is 2.00 bits per heavy atom. The van der Waals surface area contributed by atoms with Gasteiger partial charge in [0.05, 0.1) is 30.7 Å². The van der Waals surface area contributed by atoms with Crippen LogP contribution in [0, 0.1) is 12.8 Å². The van der Waals surface area contributed by atoms with Gasteiger partial charge in [-0.3, -0.25) is 4.79 Å². The van der Waals surface area contributed by atoms with Gasteiger partial charge in [0.2, 0.25) is 0 Å². The van der Waals surface area contributed by atoms with Crippen LogP contribution in [0.4, 0.5) is 5.69 Å². The van der Waals surface area contributed by atoms with Crippen LogP contribution in [0.25, 0.3) is 0 Å². The van der Waals surface area contributed by atoms with Crippen LogP contribution < -0.4 is 5.01 Å². The molecule has 3 rings (SSSR count). The van der Waals surface area contributed by atoms with E-state index in [4.69, 9.17) is 4.74 Å². The van der Waals surface area contributed by atoms with Crippen LogP contribution in [-0.2, 0) is 9.53 Å². The first-order valence-electron chi connectivity index (χ1n) is 7.07. The number of ether oxygens (including phenoxy) is 1. The fraction of sp³-hybridized carbons (Fsp3) is 0.467. The first kappa shape index (κ1) is 14.2. The second-order valence-corrected chi connectivity index (χ2v) is 5.51. The molecule has 0 radical (unpaired) electrons. The van der Waals surface area contributed by atoms with Crippen molar-refractivity contribution in [1.29, 1.82) is 0 Å². The SMILES string of the molecule is CC1=NN(c2ccc(C)cc2)C(=O)C1C1COCCN1O. The molecule has 0 aliphatic carbocycles. The number of anilines is 1. The Bertz CT molecular complexity index is 570. The van der Waals surface area contributed by atoms with Crippen molar-refractivity contribution in [3.05, 3.63) is 29.8 Å². The molecule has 2 aliphatic heterocycles. The van der Waals surface area contributed by atoms with Gasteiger partial charge in [0, 0.05) is 6.54 Å². The number of benzene rings is 1. The zero-order valence-corrected chi connectivity index (χ0v) is 12.2. The lowest BCUT2D eigenvalue weighted by Crippen LogP contribution is -2.51. The van der Waals surface area contributed by atoms with E-state index >= 15 is 0 Å². The molecule has 0 saturated carbocycles. The lowest BCUT2D eigenvalue weighted by molar-refractivity contribution is -0.189. The number of carbonyl (C=O) groups excluding carboxylic acids is 1. The molecule has 1 fully saturated rings. The van der Waals surface area contributed by atoms with E-state index in [2.05, 4.69) is 5.10 Å². The molecule has 0 aromatic heterocycles. The molecule has 1 aromatic carbocycles. The molecular weight excluding hydrogens is 270 g/mol. The standard InChI is InChI=1S/C15H19N3O3/c1-10-3-5-12(6-4-10)18-15(19)14(11(2)16-18)13-9-21-8-7-17(13)20/h3-6,13-14,20H,7-9H2,1-2H3. The maximum Gasteiger partial charge on any atom is 0.258 e. The zero-order chi connectivity index (χ0) is 15.0. The van der Waals surface area contributed by atoms with E-state index < -0.39 is 5.92 Å². The molecule has 0 bridgehead atoms. The average Bonchev–Trinajstić information content (AvgIpc) is 2.76. The number of amides is 1. The number of rotatable bonds is 2. The summed E-state index contributed by atoms with van der Waals surface area (Å²) in [6, 6.07) is 7.28. The van der Waals surface area contributed by atoms with Crippen molar-refractivity contribution in [2.45, 2.75) is 19.9 Å². The zero-order valence-electron chi connectivity index (χ0n) is 12.2. The summed E-state index contributed by atoms with van der Waals surface area (Å²) in [5.74, 6) is -0.581. The van der Waals surface area contributed by atoms with Gasteiger partial charge in [-0.1, -0.05) is 17.7 Å². The lowest BCUT2D eigenvalue weighted by Gasteiger charge is -2.33. The highest BCUT2D eigenvalue weighted by molar-refractivity contribution is 6.15. The summed E-state index contributed by atoms with van der Waals surface area (Å²) in [7, 11) is 0. The first-order valence-corrected chi connectivity index (χ1v) is 7.07. The van der Waals surface area contributed by atoms with Gasteiger partial charge < -0.3 is 9.94 Å². The van der Waals surface area contributed by atoms with E-state index in [1.165, 1.54) is 10.1 Å². The summed E-state index contributed by atoms with van der Waals surface area (Å²) in [4.78, 5) is 12.7. The highest BCUT2D eigenvalue weighted by atomic mass is 16.5. The Morgan fingerprint density at radius 3 is 2.67 bits per heavy atom. The number of aryl methyl sites for hydroxylation is 1. The molecule has 1 amide bonds. The van der Waals surface area contributed by atoms with Gasteiger partial charge in [0.1, 0.15) is 5.92 Å². The Labute approximate surface area is 123 Å². The molecule has 2 atom stereocenters. The van der Waals surface area contributed by atoms with Crippen molar-refractivity contribution >= 4 is 17.3 Å². The van der Waals surface area contributed by atoms with E-state index in [0.717, 1.165) is 11.3 Å². The fourth-order valence-electron chi connectivity index (χ4n) is 2.78. The number of hydroxylamine groups is 2. The van der Waals surface area contributed by atoms with Crippen molar-refractivity contribution in [2.75, 3.05) is 24.8 Å². The third-order valence-electron chi connectivity index (χ3n) is 3.98. The van der Waals surface area contributed by atoms with E-state index in [1.807, 2.05) is 38.1 Å². The average molecular weight is 289 g/mol. The highest BCUT2D eigenvalue weighted by Crippen LogP contribution is 2.28. The Hall–Kier alpha value is -1.76. The van der Waals surface area contributed by atoms with Crippen molar-refractivity contribution in [3.8, 4) is 0 Å². The number of hydrogen-bond acceptors (Lipinski definition) is 5. The van der Waals surface area contributed by atoms with Crippen molar-refractivity contribution in [2.24, 2.45) is 11.0 Å². The van der Waals surface area contributed by atoms with Crippen LogP contribution in [0.3, 0.4) is 0 Å². The Morgan fingerprint density at radius 1 is 1.29 bits per heavy atom. The van der Waals surface area contributed by atoms with E-state index in [-0.39, 0.29) is 11.9 Å². The van der Waals surface area contributed by atoms with Gasteiger partial charge in [0.25, 0.3) is 5.91 Å². The number of morpholine rings is 1. The summed E-state index contributed by atoms with van der Waals surface area (Å²) in [5.41, 5.74) is 2.58. The van der Waals surface area contributed by atoms with Crippen molar-refractivity contribution in [3.63, 3.8) is 0 Å². The molecule has 2 aliphatic rings. The second kappa shape index (κ2) is 5.55. The summed E-state index contributed by atoms with van der Waals surface area (Å²) in [6.45, 7) is 5.04. The van der Waals surface area contributed by atoms with Crippen molar-refractivity contribution < 1.29 is 14.7 Å². The van der Waals surface area contributed by atoms with Crippen LogP contribution in [0.2, 0.25) is 0 Å². The van der Waals surface area contributed by atoms with E-state index in [0.29, 0.717) is 25.5 Å². The third-order valence-corrected chi connectivity index (χ3v) is 3.98. The van der Waals surface area contributed by atoms with Gasteiger partial charge in [-0.15, -0.1) is 0 Å². The van der Waals surface area contributed by atoms with Gasteiger partial charge in [-0.2, -0.15) is 10.2 Å². The summed E-state index contributed by atoms with van der Waals surface area (Å²) in [6.07, 6.45) is 0. The molecule has 1 saturated heterocycles. The second-order valence-electron chi connectivity index (χ2n) is 5.51. The smallest absolute Gasteiger partial charge is 0.258 e. The lowest BCUT2D eigenvalue weighted by atomic mass is 9.94. The van der Waals surface area contributed by atoms with Crippen LogP contribution in [0.5, 0.6) is 0 Å². The maximum atomic E-state index is 12.7. The largest absolute Gasteiger partial charge is 0.378 e. The first-order chi connectivity index (χ1) is 10.1. The predicted octanol–water partition coefficient (Wildman–Crippen LogP) is 1.42. The number of carbonyl (C=O) groups is 1. The molecule has 1 N–H and O–H groups in total. The molecule has 2 heterocycles. The van der Waals surface area contributed by atoms with Gasteiger partial charge >= 0.3 is 0 Å². The predicted molar refractivity (Wildman–Crippen MR) is 78.4 cm³/mol. The Balaban J connectivity index is 1.84. The van der Waals surface area contributed by atoms with Crippen LogP contribution >= 0.6 is 0 Å². The minimum Gasteiger partial charge on any atom is -0.378 e. The molecule has 6 heteroatoms. The minimum absolute atomic E-state index is 0.120. The normalized spacial score (nSPS) is 27.1. The number of hydrazone groups is 1. The van der Waals surface area contributed by atoms with Crippen LogP contribution in [0.15, 0.2) is 29.4 Å². The molecular formula is C15H19N3O3. The monoisotopic (exact) mass is 289 g/mol. The highest BCUT2D eigenvalue weighted by Gasteiger charge is 2.43. The number of hydrogen-bond donors (Lipinski definition) is 1. The van der Waals surface area contributed by atoms with Gasteiger partial charge in [-0.05, 0) is 26.0 Å². The fourth-order valence-corrected chi connectivity index (χ4v) is 2.78. The van der Waals surface area contributed by atoms with Crippen LogP contribution in [0.1, 0.15) is 12.5 Å². The van der Waals surface area contributed by atoms with Gasteiger partial charge in [-0.25, -0.2) is 5.01 Å².